The number of nitrogens with two attached hydrogens (primary N) is 5. The van der Waals surface area contributed by atoms with E-state index in [-0.39, 0.29) is 31.3 Å². The molecule has 2 aliphatic heterocycles. The summed E-state index contributed by atoms with van der Waals surface area (Å²) >= 11 is 0. The van der Waals surface area contributed by atoms with E-state index in [9.17, 15) is 40.5 Å². The second kappa shape index (κ2) is 15.6. The van der Waals surface area contributed by atoms with E-state index >= 15 is 0 Å². The van der Waals surface area contributed by atoms with Crippen LogP contribution in [0.25, 0.3) is 0 Å². The Hall–Kier alpha value is -1.21. The van der Waals surface area contributed by atoms with Gasteiger partial charge in [-0.1, -0.05) is 13.8 Å². The summed E-state index contributed by atoms with van der Waals surface area (Å²) in [5, 5.41) is 76.5. The third kappa shape index (κ3) is 7.81. The highest BCUT2D eigenvalue weighted by molar-refractivity contribution is 5.77. The molecule has 19 atom stereocenters. The van der Waals surface area contributed by atoms with E-state index < -0.39 is 123 Å². The molecule has 19 heteroatoms. The highest BCUT2D eigenvalue weighted by atomic mass is 16.7. The lowest BCUT2D eigenvalue weighted by atomic mass is 9.84. The van der Waals surface area contributed by atoms with Crippen LogP contribution in [0.4, 0.5) is 0 Å². The first-order valence-electron chi connectivity index (χ1n) is 15.6. The van der Waals surface area contributed by atoms with Gasteiger partial charge in [-0.2, -0.15) is 0 Å². The summed E-state index contributed by atoms with van der Waals surface area (Å²) in [7, 11) is 0. The Bertz CT molecular complexity index is 1000. The van der Waals surface area contributed by atoms with Gasteiger partial charge in [-0.05, 0) is 6.42 Å². The Balaban J connectivity index is 1.41. The van der Waals surface area contributed by atoms with Crippen LogP contribution < -0.4 is 34.0 Å². The van der Waals surface area contributed by atoms with Gasteiger partial charge in [0, 0.05) is 42.9 Å². The maximum atomic E-state index is 11.9. The summed E-state index contributed by atoms with van der Waals surface area (Å²) in [5.74, 6) is -1.49. The number of aliphatic hydroxyl groups is 7. The van der Waals surface area contributed by atoms with Gasteiger partial charge in [-0.15, -0.1) is 0 Å². The van der Waals surface area contributed by atoms with Crippen LogP contribution in [0.15, 0.2) is 0 Å². The number of hydrogen-bond acceptors (Lipinski definition) is 18. The molecule has 2 saturated carbocycles. The standard InChI is InChI=1S/C27H52N6O13/c1-7(2)24(40)33-5-8-13(16(8)35)14(31)25(41)44-22-12(6-34)43-27(20(22)39)46-23-17(36)9(29)3-10(30)21(23)45-26-15(32)19(38)18(37)11(4-28)42-26/h7-23,25-27,34-39,41H,3-6,28-32H2,1-2H3,(H,33,40)/t8?,9-,10?,11?,12-,13?,14+,15?,16-,17-,18-,19-,20+,21-,22?,23?,25-,26-,27+/m1/s1. The molecule has 46 heavy (non-hydrogen) atoms. The Labute approximate surface area is 266 Å². The van der Waals surface area contributed by atoms with Crippen LogP contribution in [-0.4, -0.2) is 165 Å². The maximum absolute atomic E-state index is 11.9. The highest BCUT2D eigenvalue weighted by Gasteiger charge is 2.56. The SMILES string of the molecule is CC(C)C(=O)NCC1C([C@H](N)[C@H](O)OC2[C@@H](CO)O[C@@H](OC3[C@H](O[C@H]4OC(CN)[C@@H](O)[C@H](O)C4N)C(N)C[C@@H](N)[C@H]3O)[C@H]2O)[C@@H]1O. The summed E-state index contributed by atoms with van der Waals surface area (Å²) in [6.45, 7) is 2.77. The van der Waals surface area contributed by atoms with E-state index in [1.165, 1.54) is 0 Å². The molecule has 2 aliphatic carbocycles. The molecular formula is C27H52N6O13. The zero-order chi connectivity index (χ0) is 34.2. The molecule has 0 aromatic rings. The third-order valence-electron chi connectivity index (χ3n) is 9.39. The van der Waals surface area contributed by atoms with Crippen molar-refractivity contribution >= 4 is 5.91 Å². The second-order valence-electron chi connectivity index (χ2n) is 13.0. The Kier molecular flexibility index (Phi) is 12.7. The minimum absolute atomic E-state index is 0.0808. The van der Waals surface area contributed by atoms with Crippen LogP contribution in [0.5, 0.6) is 0 Å². The lowest BCUT2D eigenvalue weighted by Gasteiger charge is -2.47. The molecule has 0 aromatic heterocycles. The number of hydrogen-bond donors (Lipinski definition) is 13. The number of rotatable bonds is 13. The second-order valence-corrected chi connectivity index (χ2v) is 13.0. The van der Waals surface area contributed by atoms with Gasteiger partial charge >= 0.3 is 0 Å². The minimum atomic E-state index is -1.72. The van der Waals surface area contributed by atoms with E-state index in [2.05, 4.69) is 5.32 Å². The largest absolute Gasteiger partial charge is 0.394 e. The summed E-state index contributed by atoms with van der Waals surface area (Å²) in [5.41, 5.74) is 30.3. The van der Waals surface area contributed by atoms with Crippen LogP contribution in [0.3, 0.4) is 0 Å². The fourth-order valence-corrected chi connectivity index (χ4v) is 6.33. The summed E-state index contributed by atoms with van der Waals surface area (Å²) in [6, 6.07) is -4.10. The van der Waals surface area contributed by atoms with Crippen molar-refractivity contribution in [1.29, 1.82) is 0 Å². The molecule has 19 nitrogen and oxygen atoms in total. The molecule has 0 bridgehead atoms. The monoisotopic (exact) mass is 668 g/mol. The van der Waals surface area contributed by atoms with Crippen molar-refractivity contribution in [3.05, 3.63) is 0 Å². The first kappa shape index (κ1) is 37.6. The highest BCUT2D eigenvalue weighted by Crippen LogP contribution is 2.42. The minimum Gasteiger partial charge on any atom is -0.394 e. The average molecular weight is 669 g/mol. The van der Waals surface area contributed by atoms with Gasteiger partial charge in [0.05, 0.1) is 30.9 Å². The summed E-state index contributed by atoms with van der Waals surface area (Å²) < 4.78 is 28.9. The summed E-state index contributed by atoms with van der Waals surface area (Å²) in [6.07, 6.45) is -17.4. The summed E-state index contributed by atoms with van der Waals surface area (Å²) in [4.78, 5) is 11.9. The molecular weight excluding hydrogens is 616 g/mol. The van der Waals surface area contributed by atoms with Gasteiger partial charge in [-0.25, -0.2) is 0 Å². The molecule has 268 valence electrons. The van der Waals surface area contributed by atoms with Gasteiger partial charge in [0.15, 0.2) is 18.9 Å². The van der Waals surface area contributed by atoms with Gasteiger partial charge in [0.1, 0.15) is 48.8 Å². The first-order valence-corrected chi connectivity index (χ1v) is 15.6. The Morgan fingerprint density at radius 2 is 1.50 bits per heavy atom. The Morgan fingerprint density at radius 1 is 0.870 bits per heavy atom. The normalized spacial score (nSPS) is 47.5. The van der Waals surface area contributed by atoms with Crippen molar-refractivity contribution in [3.8, 4) is 0 Å². The molecule has 7 unspecified atom stereocenters. The van der Waals surface area contributed by atoms with E-state index in [0.717, 1.165) is 0 Å². The number of carbonyl (C=O) groups excluding carboxylic acids is 1. The number of ether oxygens (including phenoxy) is 5. The quantitative estimate of drug-likeness (QED) is 0.0810. The van der Waals surface area contributed by atoms with Crippen molar-refractivity contribution < 1.29 is 64.2 Å². The molecule has 4 aliphatic rings. The maximum Gasteiger partial charge on any atom is 0.222 e. The third-order valence-corrected chi connectivity index (χ3v) is 9.39. The molecule has 0 spiro atoms. The molecule has 1 amide bonds. The molecule has 4 rings (SSSR count). The van der Waals surface area contributed by atoms with E-state index in [0.29, 0.717) is 0 Å². The average Bonchev–Trinajstić information content (AvgIpc) is 3.57. The predicted octanol–water partition coefficient (Wildman–Crippen LogP) is -7.60. The van der Waals surface area contributed by atoms with E-state index in [4.69, 9.17) is 52.4 Å². The zero-order valence-electron chi connectivity index (χ0n) is 25.8. The van der Waals surface area contributed by atoms with Gasteiger partial charge in [0.25, 0.3) is 0 Å². The van der Waals surface area contributed by atoms with E-state index in [1.807, 2.05) is 0 Å². The predicted molar refractivity (Wildman–Crippen MR) is 155 cm³/mol. The van der Waals surface area contributed by atoms with Crippen LogP contribution >= 0.6 is 0 Å². The zero-order valence-corrected chi connectivity index (χ0v) is 25.8. The van der Waals surface area contributed by atoms with Crippen LogP contribution in [0.1, 0.15) is 20.3 Å². The lowest BCUT2D eigenvalue weighted by molar-refractivity contribution is -0.306. The van der Waals surface area contributed by atoms with Crippen molar-refractivity contribution in [2.24, 2.45) is 46.4 Å². The van der Waals surface area contributed by atoms with Gasteiger partial charge in [0.2, 0.25) is 5.91 Å². The Morgan fingerprint density at radius 3 is 2.11 bits per heavy atom. The lowest BCUT2D eigenvalue weighted by Crippen LogP contribution is -2.68. The van der Waals surface area contributed by atoms with Crippen molar-refractivity contribution in [3.63, 3.8) is 0 Å². The van der Waals surface area contributed by atoms with E-state index in [1.54, 1.807) is 13.8 Å². The topological polar surface area (TPSA) is 347 Å². The molecule has 4 fully saturated rings. The van der Waals surface area contributed by atoms with Gasteiger partial charge in [-0.3, -0.25) is 4.79 Å². The number of aliphatic hydroxyl groups excluding tert-OH is 7. The van der Waals surface area contributed by atoms with Crippen LogP contribution in [0, 0.1) is 17.8 Å². The van der Waals surface area contributed by atoms with Crippen molar-refractivity contribution in [2.75, 3.05) is 19.7 Å². The molecule has 18 N–H and O–H groups in total. The molecule has 0 aromatic carbocycles. The van der Waals surface area contributed by atoms with Crippen molar-refractivity contribution in [1.82, 2.24) is 5.32 Å². The smallest absolute Gasteiger partial charge is 0.222 e. The number of nitrogens with one attached hydrogen (secondary N) is 1. The molecule has 2 saturated heterocycles. The molecule has 2 heterocycles. The van der Waals surface area contributed by atoms with Crippen molar-refractivity contribution in [2.45, 2.75) is 124 Å². The van der Waals surface area contributed by atoms with Gasteiger partial charge < -0.3 is 93.4 Å². The van der Waals surface area contributed by atoms with Crippen LogP contribution in [0.2, 0.25) is 0 Å². The number of amides is 1. The number of carbonyl (C=O) groups is 1. The molecule has 0 radical (unpaired) electrons. The van der Waals surface area contributed by atoms with Crippen LogP contribution in [-0.2, 0) is 28.5 Å². The fraction of sp³-hybridized carbons (Fsp3) is 0.963. The first-order chi connectivity index (χ1) is 21.6. The fourth-order valence-electron chi connectivity index (χ4n) is 6.33.